The molecule has 2 aromatic carbocycles. The van der Waals surface area contributed by atoms with Crippen LogP contribution in [0.2, 0.25) is 0 Å². The first-order valence-electron chi connectivity index (χ1n) is 9.67. The van der Waals surface area contributed by atoms with Crippen LogP contribution in [0.4, 0.5) is 5.95 Å². The van der Waals surface area contributed by atoms with E-state index < -0.39 is 0 Å². The molecule has 1 aliphatic rings. The zero-order valence-electron chi connectivity index (χ0n) is 17.4. The lowest BCUT2D eigenvalue weighted by atomic mass is 9.97. The van der Waals surface area contributed by atoms with Gasteiger partial charge in [-0.25, -0.2) is 4.68 Å². The summed E-state index contributed by atoms with van der Waals surface area (Å²) in [7, 11) is 4.58. The van der Waals surface area contributed by atoms with Gasteiger partial charge < -0.3 is 14.2 Å². The SMILES string of the molecule is COc1cc(C(=O)N2c3ncnn3[C@@H](c3ccccc3)C[C@H]2C)cc(OC)c1OC. The molecule has 2 atom stereocenters. The van der Waals surface area contributed by atoms with Crippen LogP contribution in [-0.4, -0.2) is 48.0 Å². The number of fused-ring (bicyclic) bond motifs is 1. The van der Waals surface area contributed by atoms with Crippen molar-refractivity contribution in [3.63, 3.8) is 0 Å². The van der Waals surface area contributed by atoms with E-state index in [1.54, 1.807) is 17.0 Å². The van der Waals surface area contributed by atoms with Gasteiger partial charge in [-0.2, -0.15) is 10.1 Å². The molecule has 30 heavy (non-hydrogen) atoms. The van der Waals surface area contributed by atoms with Crippen molar-refractivity contribution in [2.45, 2.75) is 25.4 Å². The van der Waals surface area contributed by atoms with Crippen molar-refractivity contribution < 1.29 is 19.0 Å². The first-order chi connectivity index (χ1) is 14.6. The highest BCUT2D eigenvalue weighted by Gasteiger charge is 2.37. The van der Waals surface area contributed by atoms with E-state index in [9.17, 15) is 4.79 Å². The molecule has 0 bridgehead atoms. The van der Waals surface area contributed by atoms with E-state index in [1.807, 2.05) is 29.8 Å². The van der Waals surface area contributed by atoms with Crippen molar-refractivity contribution in [1.82, 2.24) is 14.8 Å². The summed E-state index contributed by atoms with van der Waals surface area (Å²) >= 11 is 0. The minimum atomic E-state index is -0.206. The van der Waals surface area contributed by atoms with Gasteiger partial charge in [-0.1, -0.05) is 30.3 Å². The first kappa shape index (κ1) is 19.8. The summed E-state index contributed by atoms with van der Waals surface area (Å²) in [6.45, 7) is 2.02. The van der Waals surface area contributed by atoms with Crippen molar-refractivity contribution in [2.24, 2.45) is 0 Å². The number of benzene rings is 2. The summed E-state index contributed by atoms with van der Waals surface area (Å²) in [5, 5.41) is 4.41. The third kappa shape index (κ3) is 3.24. The number of hydrogen-bond acceptors (Lipinski definition) is 6. The standard InChI is InChI=1S/C22H24N4O4/c1-14-10-17(15-8-6-5-7-9-15)26-22(23-13-24-26)25(14)21(27)16-11-18(28-2)20(30-4)19(12-16)29-3/h5-9,11-14,17H,10H2,1-4H3/t14-,17-/m1/s1. The summed E-state index contributed by atoms with van der Waals surface area (Å²) in [4.78, 5) is 19.6. The number of rotatable bonds is 5. The molecule has 156 valence electrons. The lowest BCUT2D eigenvalue weighted by Crippen LogP contribution is -2.46. The van der Waals surface area contributed by atoms with Crippen LogP contribution in [0.3, 0.4) is 0 Å². The van der Waals surface area contributed by atoms with E-state index in [1.165, 1.54) is 27.7 Å². The van der Waals surface area contributed by atoms with Gasteiger partial charge in [0.1, 0.15) is 6.33 Å². The molecule has 1 aliphatic heterocycles. The number of carbonyl (C=O) groups excluding carboxylic acids is 1. The lowest BCUT2D eigenvalue weighted by molar-refractivity contribution is 0.0965. The van der Waals surface area contributed by atoms with Gasteiger partial charge >= 0.3 is 0 Å². The number of anilines is 1. The molecule has 1 aromatic heterocycles. The lowest BCUT2D eigenvalue weighted by Gasteiger charge is -2.37. The molecule has 2 heterocycles. The molecular formula is C22H24N4O4. The molecule has 4 rings (SSSR count). The summed E-state index contributed by atoms with van der Waals surface area (Å²) < 4.78 is 18.0. The maximum absolute atomic E-state index is 13.5. The molecule has 0 saturated heterocycles. The van der Waals surface area contributed by atoms with Gasteiger partial charge in [0.15, 0.2) is 11.5 Å². The van der Waals surface area contributed by atoms with Gasteiger partial charge in [-0.15, -0.1) is 0 Å². The molecule has 8 nitrogen and oxygen atoms in total. The average Bonchev–Trinajstić information content (AvgIpc) is 3.27. The van der Waals surface area contributed by atoms with Crippen molar-refractivity contribution in [3.8, 4) is 17.2 Å². The molecule has 3 aromatic rings. The van der Waals surface area contributed by atoms with Crippen molar-refractivity contribution in [1.29, 1.82) is 0 Å². The monoisotopic (exact) mass is 408 g/mol. The molecule has 0 radical (unpaired) electrons. The van der Waals surface area contributed by atoms with Crippen LogP contribution in [0.15, 0.2) is 48.8 Å². The average molecular weight is 408 g/mol. The number of methoxy groups -OCH3 is 3. The Labute approximate surface area is 175 Å². The van der Waals surface area contributed by atoms with Gasteiger partial charge in [-0.3, -0.25) is 9.69 Å². The number of carbonyl (C=O) groups is 1. The fraction of sp³-hybridized carbons (Fsp3) is 0.318. The molecule has 1 amide bonds. The Hall–Kier alpha value is -3.55. The van der Waals surface area contributed by atoms with Crippen LogP contribution in [0.25, 0.3) is 0 Å². The quantitative estimate of drug-likeness (QED) is 0.644. The second-order valence-corrected chi connectivity index (χ2v) is 7.10. The van der Waals surface area contributed by atoms with E-state index >= 15 is 0 Å². The second kappa shape index (κ2) is 8.06. The van der Waals surface area contributed by atoms with Gasteiger partial charge in [0.05, 0.1) is 27.4 Å². The smallest absolute Gasteiger partial charge is 0.261 e. The van der Waals surface area contributed by atoms with Crippen LogP contribution in [0.5, 0.6) is 17.2 Å². The maximum Gasteiger partial charge on any atom is 0.261 e. The molecule has 0 unspecified atom stereocenters. The Kier molecular flexibility index (Phi) is 5.31. The molecule has 0 N–H and O–H groups in total. The summed E-state index contributed by atoms with van der Waals surface area (Å²) in [6, 6.07) is 13.4. The van der Waals surface area contributed by atoms with Crippen molar-refractivity contribution >= 4 is 11.9 Å². The summed E-state index contributed by atoms with van der Waals surface area (Å²) in [5.74, 6) is 1.60. The van der Waals surface area contributed by atoms with Crippen molar-refractivity contribution in [2.75, 3.05) is 26.2 Å². The second-order valence-electron chi connectivity index (χ2n) is 7.10. The van der Waals surface area contributed by atoms with E-state index in [2.05, 4.69) is 22.2 Å². The van der Waals surface area contributed by atoms with Crippen LogP contribution in [0, 0.1) is 0 Å². The Morgan fingerprint density at radius 1 is 1.03 bits per heavy atom. The molecular weight excluding hydrogens is 384 g/mol. The topological polar surface area (TPSA) is 78.7 Å². The van der Waals surface area contributed by atoms with Crippen LogP contribution in [-0.2, 0) is 0 Å². The number of ether oxygens (including phenoxy) is 3. The Morgan fingerprint density at radius 3 is 2.30 bits per heavy atom. The third-order valence-electron chi connectivity index (χ3n) is 5.38. The van der Waals surface area contributed by atoms with E-state index in [0.717, 1.165) is 12.0 Å². The summed E-state index contributed by atoms with van der Waals surface area (Å²) in [6.07, 6.45) is 2.20. The van der Waals surface area contributed by atoms with Crippen LogP contribution in [0.1, 0.15) is 35.3 Å². The highest BCUT2D eigenvalue weighted by molar-refractivity contribution is 6.06. The van der Waals surface area contributed by atoms with Gasteiger partial charge in [-0.05, 0) is 31.0 Å². The van der Waals surface area contributed by atoms with E-state index in [4.69, 9.17) is 14.2 Å². The molecule has 0 spiro atoms. The van der Waals surface area contributed by atoms with Gasteiger partial charge in [0.25, 0.3) is 5.91 Å². The zero-order chi connectivity index (χ0) is 21.3. The van der Waals surface area contributed by atoms with Gasteiger partial charge in [0, 0.05) is 11.6 Å². The van der Waals surface area contributed by atoms with Crippen molar-refractivity contribution in [3.05, 3.63) is 59.9 Å². The number of hydrogen-bond donors (Lipinski definition) is 0. The Morgan fingerprint density at radius 2 is 1.70 bits per heavy atom. The minimum absolute atomic E-state index is 0.0164. The highest BCUT2D eigenvalue weighted by Crippen LogP contribution is 2.40. The Bertz CT molecular complexity index is 1030. The van der Waals surface area contributed by atoms with Crippen LogP contribution >= 0.6 is 0 Å². The molecule has 0 saturated carbocycles. The molecule has 8 heteroatoms. The van der Waals surface area contributed by atoms with E-state index in [0.29, 0.717) is 28.8 Å². The maximum atomic E-state index is 13.5. The fourth-order valence-corrected chi connectivity index (χ4v) is 3.95. The minimum Gasteiger partial charge on any atom is -0.493 e. The Balaban J connectivity index is 1.75. The number of aromatic nitrogens is 3. The highest BCUT2D eigenvalue weighted by atomic mass is 16.5. The predicted molar refractivity (Wildman–Crippen MR) is 112 cm³/mol. The number of amides is 1. The largest absolute Gasteiger partial charge is 0.493 e. The molecule has 0 fully saturated rings. The fourth-order valence-electron chi connectivity index (χ4n) is 3.95. The third-order valence-corrected chi connectivity index (χ3v) is 5.38. The molecule has 0 aliphatic carbocycles. The summed E-state index contributed by atoms with van der Waals surface area (Å²) in [5.41, 5.74) is 1.56. The van der Waals surface area contributed by atoms with Gasteiger partial charge in [0.2, 0.25) is 11.7 Å². The predicted octanol–water partition coefficient (Wildman–Crippen LogP) is 3.33. The first-order valence-corrected chi connectivity index (χ1v) is 9.67. The normalized spacial score (nSPS) is 17.9. The van der Waals surface area contributed by atoms with Crippen LogP contribution < -0.4 is 19.1 Å². The number of nitrogens with zero attached hydrogens (tertiary/aromatic N) is 4. The van der Waals surface area contributed by atoms with E-state index in [-0.39, 0.29) is 18.0 Å². The zero-order valence-corrected chi connectivity index (χ0v) is 17.4.